The number of aryl methyl sites for hydroxylation is 1. The van der Waals surface area contributed by atoms with Gasteiger partial charge in [0, 0.05) is 12.6 Å². The molecule has 0 unspecified atom stereocenters. The van der Waals surface area contributed by atoms with Crippen molar-refractivity contribution < 1.29 is 13.2 Å². The topological polar surface area (TPSA) is 63.2 Å². The van der Waals surface area contributed by atoms with E-state index in [4.69, 9.17) is 0 Å². The van der Waals surface area contributed by atoms with E-state index in [9.17, 15) is 13.2 Å². The van der Waals surface area contributed by atoms with Crippen LogP contribution in [0.15, 0.2) is 17.0 Å². The monoisotopic (exact) mass is 417 g/mol. The van der Waals surface area contributed by atoms with Gasteiger partial charge in [-0.05, 0) is 83.9 Å². The Balaban J connectivity index is 1.99. The summed E-state index contributed by atoms with van der Waals surface area (Å²) in [4.78, 5) is 13.2. The minimum atomic E-state index is -3.44. The predicted octanol–water partition coefficient (Wildman–Crippen LogP) is 4.64. The fourth-order valence-corrected chi connectivity index (χ4v) is 9.92. The lowest BCUT2D eigenvalue weighted by atomic mass is 9.42. The highest BCUT2D eigenvalue weighted by atomic mass is 32.2. The summed E-state index contributed by atoms with van der Waals surface area (Å²) in [5, 5.41) is 2.74. The molecular weight excluding hydrogens is 382 g/mol. The molecule has 4 nitrogen and oxygen atoms in total. The van der Waals surface area contributed by atoms with Crippen molar-refractivity contribution in [2.75, 3.05) is 12.8 Å². The Hall–Kier alpha value is -1.36. The maximum absolute atomic E-state index is 13.5. The summed E-state index contributed by atoms with van der Waals surface area (Å²) in [6, 6.07) is 3.66. The maximum Gasteiger partial charge on any atom is 0.251 e. The van der Waals surface area contributed by atoms with Crippen molar-refractivity contribution in [1.82, 2.24) is 5.32 Å². The van der Waals surface area contributed by atoms with Gasteiger partial charge < -0.3 is 5.32 Å². The molecule has 2 saturated carbocycles. The Morgan fingerprint density at radius 1 is 1.07 bits per heavy atom. The molecule has 1 aliphatic heterocycles. The van der Waals surface area contributed by atoms with Gasteiger partial charge in [0.15, 0.2) is 9.84 Å². The second-order valence-electron chi connectivity index (χ2n) is 11.0. The second-order valence-corrected chi connectivity index (χ2v) is 13.0. The molecule has 1 aromatic rings. The van der Waals surface area contributed by atoms with Gasteiger partial charge in [0.2, 0.25) is 0 Å². The lowest BCUT2D eigenvalue weighted by molar-refractivity contribution is -0.0982. The third-order valence-corrected chi connectivity index (χ3v) is 10.6. The number of hydrogen-bond acceptors (Lipinski definition) is 3. The first-order valence-electron chi connectivity index (χ1n) is 11.0. The Morgan fingerprint density at radius 3 is 2.41 bits per heavy atom. The summed E-state index contributed by atoms with van der Waals surface area (Å²) in [5.74, 6) is 0.582. The van der Waals surface area contributed by atoms with Crippen LogP contribution in [0.4, 0.5) is 0 Å². The molecule has 1 aromatic carbocycles. The van der Waals surface area contributed by atoms with Gasteiger partial charge >= 0.3 is 0 Å². The van der Waals surface area contributed by atoms with E-state index in [1.165, 1.54) is 6.42 Å². The molecule has 5 heteroatoms. The van der Waals surface area contributed by atoms with Crippen LogP contribution in [-0.4, -0.2) is 27.1 Å². The summed E-state index contributed by atoms with van der Waals surface area (Å²) < 4.78 is 27.1. The number of carbonyl (C=O) groups is 1. The second kappa shape index (κ2) is 6.32. The normalized spacial score (nSPS) is 37.0. The van der Waals surface area contributed by atoms with E-state index >= 15 is 0 Å². The van der Waals surface area contributed by atoms with Gasteiger partial charge in [-0.1, -0.05) is 34.1 Å². The number of rotatable bonds is 1. The van der Waals surface area contributed by atoms with Crippen LogP contribution in [0.1, 0.15) is 81.3 Å². The standard InChI is InChI=1S/C24H35NO3S/c1-15-12-16(21(26)25-6)20-17(13-15)29(27,28)14-19-23(4)10-7-9-22(2,3)18(23)8-11-24(19,20)5/h12-13,18-19H,7-11,14H2,1-6H3,(H,25,26)/t18-,19+,23-,24+/m0/s1. The van der Waals surface area contributed by atoms with Crippen LogP contribution >= 0.6 is 0 Å². The summed E-state index contributed by atoms with van der Waals surface area (Å²) in [6.07, 6.45) is 5.47. The fourth-order valence-electron chi connectivity index (χ4n) is 7.53. The predicted molar refractivity (Wildman–Crippen MR) is 116 cm³/mol. The van der Waals surface area contributed by atoms with Gasteiger partial charge in [-0.15, -0.1) is 0 Å². The SMILES string of the molecule is CNC(=O)c1cc(C)cc2c1[C@]1(C)CC[C@H]3C(C)(C)CCC[C@]3(C)[C@H]1CS2(=O)=O. The van der Waals surface area contributed by atoms with Crippen molar-refractivity contribution in [3.8, 4) is 0 Å². The average molecular weight is 418 g/mol. The minimum Gasteiger partial charge on any atom is -0.355 e. The Kier molecular flexibility index (Phi) is 4.55. The summed E-state index contributed by atoms with van der Waals surface area (Å²) >= 11 is 0. The van der Waals surface area contributed by atoms with Crippen LogP contribution in [0.5, 0.6) is 0 Å². The summed E-state index contributed by atoms with van der Waals surface area (Å²) in [5.41, 5.74) is 2.07. The van der Waals surface area contributed by atoms with Crippen LogP contribution in [0.3, 0.4) is 0 Å². The third-order valence-electron chi connectivity index (χ3n) is 8.80. The van der Waals surface area contributed by atoms with Gasteiger partial charge in [-0.25, -0.2) is 8.42 Å². The molecule has 2 fully saturated rings. The summed E-state index contributed by atoms with van der Waals surface area (Å²) in [7, 11) is -1.82. The molecule has 2 aliphatic carbocycles. The number of nitrogens with one attached hydrogen (secondary N) is 1. The molecule has 0 aromatic heterocycles. The first kappa shape index (κ1) is 20.9. The van der Waals surface area contributed by atoms with Crippen molar-refractivity contribution >= 4 is 15.7 Å². The van der Waals surface area contributed by atoms with E-state index in [2.05, 4.69) is 33.0 Å². The van der Waals surface area contributed by atoms with Crippen LogP contribution in [0.2, 0.25) is 0 Å². The van der Waals surface area contributed by atoms with Crippen molar-refractivity contribution in [3.05, 3.63) is 28.8 Å². The van der Waals surface area contributed by atoms with E-state index in [0.29, 0.717) is 16.4 Å². The molecule has 1 heterocycles. The molecule has 4 atom stereocenters. The molecule has 4 rings (SSSR count). The molecule has 0 saturated heterocycles. The van der Waals surface area contributed by atoms with Crippen LogP contribution in [0.25, 0.3) is 0 Å². The molecule has 3 aliphatic rings. The van der Waals surface area contributed by atoms with Crippen LogP contribution in [-0.2, 0) is 15.3 Å². The Bertz CT molecular complexity index is 980. The molecule has 29 heavy (non-hydrogen) atoms. The summed E-state index contributed by atoms with van der Waals surface area (Å²) in [6.45, 7) is 11.2. The van der Waals surface area contributed by atoms with Crippen LogP contribution < -0.4 is 5.32 Å². The first-order valence-corrected chi connectivity index (χ1v) is 12.6. The zero-order valence-electron chi connectivity index (χ0n) is 18.7. The van der Waals surface area contributed by atoms with Crippen molar-refractivity contribution in [2.24, 2.45) is 22.7 Å². The number of carbonyl (C=O) groups excluding carboxylic acids is 1. The maximum atomic E-state index is 13.5. The first-order chi connectivity index (χ1) is 13.4. The number of amides is 1. The largest absolute Gasteiger partial charge is 0.355 e. The number of benzene rings is 1. The molecule has 0 spiro atoms. The van der Waals surface area contributed by atoms with Crippen molar-refractivity contribution in [3.63, 3.8) is 0 Å². The van der Waals surface area contributed by atoms with Gasteiger partial charge in [0.05, 0.1) is 10.6 Å². The smallest absolute Gasteiger partial charge is 0.251 e. The van der Waals surface area contributed by atoms with E-state index in [1.54, 1.807) is 13.1 Å². The molecule has 160 valence electrons. The van der Waals surface area contributed by atoms with E-state index < -0.39 is 9.84 Å². The van der Waals surface area contributed by atoms with Gasteiger partial charge in [0.25, 0.3) is 5.91 Å². The molecule has 1 amide bonds. The molecule has 0 radical (unpaired) electrons. The average Bonchev–Trinajstić information content (AvgIpc) is 2.62. The molecule has 0 bridgehead atoms. The number of hydrogen-bond donors (Lipinski definition) is 1. The lowest BCUT2D eigenvalue weighted by Gasteiger charge is -2.64. The number of fused-ring (bicyclic) bond motifs is 5. The number of sulfone groups is 1. The highest BCUT2D eigenvalue weighted by Crippen LogP contribution is 2.66. The van der Waals surface area contributed by atoms with Crippen LogP contribution in [0, 0.1) is 29.6 Å². The van der Waals surface area contributed by atoms with E-state index in [0.717, 1.165) is 36.8 Å². The van der Waals surface area contributed by atoms with E-state index in [-0.39, 0.29) is 33.8 Å². The minimum absolute atomic E-state index is 0.0235. The molecule has 1 N–H and O–H groups in total. The third kappa shape index (κ3) is 2.83. The fraction of sp³-hybridized carbons (Fsp3) is 0.708. The highest BCUT2D eigenvalue weighted by Gasteiger charge is 2.62. The zero-order chi connectivity index (χ0) is 21.4. The Labute approximate surface area is 175 Å². The Morgan fingerprint density at radius 2 is 1.76 bits per heavy atom. The van der Waals surface area contributed by atoms with Crippen molar-refractivity contribution in [1.29, 1.82) is 0 Å². The zero-order valence-corrected chi connectivity index (χ0v) is 19.5. The highest BCUT2D eigenvalue weighted by molar-refractivity contribution is 7.91. The van der Waals surface area contributed by atoms with Gasteiger partial charge in [-0.2, -0.15) is 0 Å². The van der Waals surface area contributed by atoms with Gasteiger partial charge in [-0.3, -0.25) is 4.79 Å². The molecular formula is C24H35NO3S. The quantitative estimate of drug-likeness (QED) is 0.724. The van der Waals surface area contributed by atoms with E-state index in [1.807, 2.05) is 13.0 Å². The lowest BCUT2D eigenvalue weighted by Crippen LogP contribution is -2.60. The van der Waals surface area contributed by atoms with Crippen molar-refractivity contribution in [2.45, 2.75) is 77.0 Å². The van der Waals surface area contributed by atoms with Gasteiger partial charge in [0.1, 0.15) is 0 Å².